The van der Waals surface area contributed by atoms with E-state index in [-0.39, 0.29) is 16.8 Å². The normalized spacial score (nSPS) is 11.6. The van der Waals surface area contributed by atoms with Crippen LogP contribution < -0.4 is 5.32 Å². The summed E-state index contributed by atoms with van der Waals surface area (Å²) in [6.07, 6.45) is 0. The molecule has 1 rings (SSSR count). The maximum absolute atomic E-state index is 11.7. The van der Waals surface area contributed by atoms with Gasteiger partial charge in [-0.3, -0.25) is 4.79 Å². The highest BCUT2D eigenvalue weighted by Crippen LogP contribution is 2.18. The van der Waals surface area contributed by atoms with Gasteiger partial charge in [-0.15, -0.1) is 0 Å². The molecule has 0 atom stereocenters. The van der Waals surface area contributed by atoms with Crippen molar-refractivity contribution in [1.29, 1.82) is 0 Å². The van der Waals surface area contributed by atoms with Crippen molar-refractivity contribution in [3.63, 3.8) is 0 Å². The number of nitrogens with one attached hydrogen (secondary N) is 1. The lowest BCUT2D eigenvalue weighted by molar-refractivity contribution is 0.0942. The minimum atomic E-state index is -3.75. The van der Waals surface area contributed by atoms with Crippen molar-refractivity contribution in [3.05, 3.63) is 29.3 Å². The van der Waals surface area contributed by atoms with Gasteiger partial charge in [-0.25, -0.2) is 8.42 Å². The van der Waals surface area contributed by atoms with Gasteiger partial charge in [-0.2, -0.15) is 0 Å². The molecule has 0 heterocycles. The molecule has 0 saturated carbocycles. The van der Waals surface area contributed by atoms with E-state index in [1.165, 1.54) is 18.2 Å². The Labute approximate surface area is 105 Å². The molecule has 0 spiro atoms. The fourth-order valence-electron chi connectivity index (χ4n) is 1.38. The number of benzene rings is 1. The molecule has 0 aliphatic heterocycles. The van der Waals surface area contributed by atoms with Gasteiger partial charge < -0.3 is 5.32 Å². The van der Waals surface area contributed by atoms with Gasteiger partial charge >= 0.3 is 0 Å². The first-order valence-corrected chi connectivity index (χ1v) is 7.39. The molecular weight excluding hydrogens is 262 g/mol. The summed E-state index contributed by atoms with van der Waals surface area (Å²) < 4.78 is 22.2. The van der Waals surface area contributed by atoms with Crippen molar-refractivity contribution >= 4 is 25.6 Å². The summed E-state index contributed by atoms with van der Waals surface area (Å²) in [6.45, 7) is 5.37. The monoisotopic (exact) mass is 275 g/mol. The van der Waals surface area contributed by atoms with Crippen LogP contribution in [0, 0.1) is 6.92 Å². The first-order chi connectivity index (χ1) is 7.71. The Morgan fingerprint density at radius 2 is 1.94 bits per heavy atom. The zero-order valence-corrected chi connectivity index (χ0v) is 11.4. The third-order valence-electron chi connectivity index (χ3n) is 2.14. The van der Waals surface area contributed by atoms with E-state index >= 15 is 0 Å². The molecule has 0 aliphatic rings. The van der Waals surface area contributed by atoms with E-state index in [1.807, 2.05) is 13.8 Å². The fraction of sp³-hybridized carbons (Fsp3) is 0.364. The third kappa shape index (κ3) is 3.71. The number of carbonyl (C=O) groups is 1. The second-order valence-electron chi connectivity index (χ2n) is 4.04. The van der Waals surface area contributed by atoms with Crippen LogP contribution in [0.2, 0.25) is 0 Å². The van der Waals surface area contributed by atoms with E-state index < -0.39 is 9.05 Å². The first kappa shape index (κ1) is 14.0. The Morgan fingerprint density at radius 1 is 1.35 bits per heavy atom. The number of hydrogen-bond donors (Lipinski definition) is 1. The molecule has 0 unspecified atom stereocenters. The molecule has 17 heavy (non-hydrogen) atoms. The maximum atomic E-state index is 11.7. The van der Waals surface area contributed by atoms with E-state index in [9.17, 15) is 13.2 Å². The molecule has 4 nitrogen and oxygen atoms in total. The van der Waals surface area contributed by atoms with Crippen molar-refractivity contribution in [2.45, 2.75) is 31.7 Å². The Kier molecular flexibility index (Phi) is 4.16. The summed E-state index contributed by atoms with van der Waals surface area (Å²) in [4.78, 5) is 11.7. The van der Waals surface area contributed by atoms with Gasteiger partial charge in [0.15, 0.2) is 0 Å². The van der Waals surface area contributed by atoms with Gasteiger partial charge in [0.05, 0.1) is 4.90 Å². The van der Waals surface area contributed by atoms with Crippen molar-refractivity contribution in [2.24, 2.45) is 0 Å². The molecule has 1 aromatic carbocycles. The van der Waals surface area contributed by atoms with Crippen LogP contribution in [0.25, 0.3) is 0 Å². The van der Waals surface area contributed by atoms with Gasteiger partial charge in [0, 0.05) is 22.3 Å². The van der Waals surface area contributed by atoms with Crippen LogP contribution in [-0.2, 0) is 9.05 Å². The second-order valence-corrected chi connectivity index (χ2v) is 6.61. The van der Waals surface area contributed by atoms with Gasteiger partial charge in [-0.1, -0.05) is 0 Å². The Balaban J connectivity index is 3.11. The van der Waals surface area contributed by atoms with E-state index in [0.717, 1.165) is 0 Å². The third-order valence-corrected chi connectivity index (χ3v) is 3.50. The molecule has 1 N–H and O–H groups in total. The Morgan fingerprint density at radius 3 is 2.35 bits per heavy atom. The molecule has 1 amide bonds. The SMILES string of the molecule is Cc1cc(S(=O)(=O)Cl)ccc1C(=O)NC(C)C. The smallest absolute Gasteiger partial charge is 0.261 e. The van der Waals surface area contributed by atoms with Gasteiger partial charge in [-0.05, 0) is 44.5 Å². The standard InChI is InChI=1S/C11H14ClNO3S/c1-7(2)13-11(14)10-5-4-9(6-8(10)3)17(12,15)16/h4-7H,1-3H3,(H,13,14). The van der Waals surface area contributed by atoms with Crippen LogP contribution in [-0.4, -0.2) is 20.4 Å². The average Bonchev–Trinajstić information content (AvgIpc) is 2.14. The van der Waals surface area contributed by atoms with E-state index in [2.05, 4.69) is 5.32 Å². The number of carbonyl (C=O) groups excluding carboxylic acids is 1. The largest absolute Gasteiger partial charge is 0.350 e. The summed E-state index contributed by atoms with van der Waals surface area (Å²) in [7, 11) is 1.47. The molecule has 0 aromatic heterocycles. The number of halogens is 1. The van der Waals surface area contributed by atoms with Crippen LogP contribution in [0.3, 0.4) is 0 Å². The van der Waals surface area contributed by atoms with Crippen LogP contribution in [0.5, 0.6) is 0 Å². The summed E-state index contributed by atoms with van der Waals surface area (Å²) in [6, 6.07) is 4.20. The number of amides is 1. The first-order valence-electron chi connectivity index (χ1n) is 5.08. The molecule has 0 aliphatic carbocycles. The zero-order chi connectivity index (χ0) is 13.2. The summed E-state index contributed by atoms with van der Waals surface area (Å²) in [5.41, 5.74) is 1.02. The van der Waals surface area contributed by atoms with Crippen LogP contribution in [0.1, 0.15) is 29.8 Å². The fourth-order valence-corrected chi connectivity index (χ4v) is 2.22. The van der Waals surface area contributed by atoms with Crippen LogP contribution in [0.15, 0.2) is 23.1 Å². The predicted octanol–water partition coefficient (Wildman–Crippen LogP) is 2.06. The predicted molar refractivity (Wildman–Crippen MR) is 66.8 cm³/mol. The minimum Gasteiger partial charge on any atom is -0.350 e. The van der Waals surface area contributed by atoms with Crippen molar-refractivity contribution in [3.8, 4) is 0 Å². The Hall–Kier alpha value is -1.07. The molecule has 0 bridgehead atoms. The molecule has 0 saturated heterocycles. The lowest BCUT2D eigenvalue weighted by Crippen LogP contribution is -2.30. The topological polar surface area (TPSA) is 63.2 Å². The van der Waals surface area contributed by atoms with Gasteiger partial charge in [0.2, 0.25) is 0 Å². The highest BCUT2D eigenvalue weighted by molar-refractivity contribution is 8.13. The summed E-state index contributed by atoms with van der Waals surface area (Å²) in [5, 5.41) is 2.74. The second kappa shape index (κ2) is 5.06. The van der Waals surface area contributed by atoms with E-state index in [1.54, 1.807) is 6.92 Å². The summed E-state index contributed by atoms with van der Waals surface area (Å²) >= 11 is 0. The van der Waals surface area contributed by atoms with Crippen molar-refractivity contribution < 1.29 is 13.2 Å². The van der Waals surface area contributed by atoms with Crippen molar-refractivity contribution in [2.75, 3.05) is 0 Å². The number of aryl methyl sites for hydroxylation is 1. The maximum Gasteiger partial charge on any atom is 0.261 e. The van der Waals surface area contributed by atoms with Gasteiger partial charge in [0.1, 0.15) is 0 Å². The van der Waals surface area contributed by atoms with Gasteiger partial charge in [0.25, 0.3) is 15.0 Å². The quantitative estimate of drug-likeness (QED) is 0.859. The lowest BCUT2D eigenvalue weighted by atomic mass is 10.1. The van der Waals surface area contributed by atoms with Crippen molar-refractivity contribution in [1.82, 2.24) is 5.32 Å². The number of rotatable bonds is 3. The lowest BCUT2D eigenvalue weighted by Gasteiger charge is -2.10. The highest BCUT2D eigenvalue weighted by atomic mass is 35.7. The average molecular weight is 276 g/mol. The van der Waals surface area contributed by atoms with Crippen LogP contribution >= 0.6 is 10.7 Å². The molecule has 0 radical (unpaired) electrons. The van der Waals surface area contributed by atoms with E-state index in [0.29, 0.717) is 11.1 Å². The minimum absolute atomic E-state index is 0.00207. The highest BCUT2D eigenvalue weighted by Gasteiger charge is 2.15. The molecule has 6 heteroatoms. The van der Waals surface area contributed by atoms with E-state index in [4.69, 9.17) is 10.7 Å². The number of hydrogen-bond acceptors (Lipinski definition) is 3. The molecule has 94 valence electrons. The van der Waals surface area contributed by atoms with Crippen LogP contribution in [0.4, 0.5) is 0 Å². The molecular formula is C11H14ClNO3S. The Bertz CT molecular complexity index is 538. The summed E-state index contributed by atoms with van der Waals surface area (Å²) in [5.74, 6) is -0.226. The zero-order valence-electron chi connectivity index (χ0n) is 9.82. The molecule has 0 fully saturated rings. The molecule has 1 aromatic rings.